The van der Waals surface area contributed by atoms with Crippen LogP contribution in [0, 0.1) is 0 Å². The van der Waals surface area contributed by atoms with Gasteiger partial charge in [0.25, 0.3) is 5.91 Å². The molecular formula is C17H18Cl2N2O5S. The first kappa shape index (κ1) is 20.3. The Morgan fingerprint density at radius 1 is 1.33 bits per heavy atom. The van der Waals surface area contributed by atoms with E-state index in [1.165, 1.54) is 29.8 Å². The van der Waals surface area contributed by atoms with Crippen LogP contribution in [0.25, 0.3) is 0 Å². The van der Waals surface area contributed by atoms with Gasteiger partial charge in [0, 0.05) is 11.9 Å². The van der Waals surface area contributed by atoms with Gasteiger partial charge < -0.3 is 20.1 Å². The summed E-state index contributed by atoms with van der Waals surface area (Å²) in [5.41, 5.74) is 0.496. The monoisotopic (exact) mass is 432 g/mol. The van der Waals surface area contributed by atoms with Crippen LogP contribution < -0.4 is 5.32 Å². The van der Waals surface area contributed by atoms with Crippen molar-refractivity contribution in [2.45, 2.75) is 42.2 Å². The number of nitrogens with one attached hydrogen (secondary N) is 1. The number of halogens is 2. The van der Waals surface area contributed by atoms with Crippen LogP contribution in [0.3, 0.4) is 0 Å². The molecule has 0 aromatic heterocycles. The molecule has 1 aromatic carbocycles. The largest absolute Gasteiger partial charge is 0.480 e. The fourth-order valence-electron chi connectivity index (χ4n) is 3.44. The molecule has 2 N–H and O–H groups in total. The van der Waals surface area contributed by atoms with Gasteiger partial charge >= 0.3 is 5.97 Å². The molecule has 3 rings (SSSR count). The zero-order chi connectivity index (χ0) is 20.1. The van der Waals surface area contributed by atoms with Crippen LogP contribution in [0.1, 0.15) is 25.5 Å². The second-order valence-corrected chi connectivity index (χ2v) is 9.46. The fraction of sp³-hybridized carbons (Fsp3) is 0.471. The van der Waals surface area contributed by atoms with Gasteiger partial charge in [-0.1, -0.05) is 29.3 Å². The van der Waals surface area contributed by atoms with Crippen LogP contribution in [-0.2, 0) is 19.1 Å². The number of hydrogen-bond donors (Lipinski definition) is 2. The summed E-state index contributed by atoms with van der Waals surface area (Å²) in [6.45, 7) is 3.54. The predicted octanol–water partition coefficient (Wildman–Crippen LogP) is 2.31. The highest BCUT2D eigenvalue weighted by Gasteiger charge is 2.64. The van der Waals surface area contributed by atoms with Crippen molar-refractivity contribution in [3.63, 3.8) is 0 Å². The van der Waals surface area contributed by atoms with E-state index < -0.39 is 46.1 Å². The number of hydrogen-bond acceptors (Lipinski definition) is 5. The Balaban J connectivity index is 1.75. The van der Waals surface area contributed by atoms with E-state index in [2.05, 4.69) is 5.32 Å². The Morgan fingerprint density at radius 3 is 2.56 bits per heavy atom. The van der Waals surface area contributed by atoms with Crippen LogP contribution >= 0.6 is 35.0 Å². The minimum atomic E-state index is -1.06. The number of carbonyl (C=O) groups excluding carboxylic acids is 2. The van der Waals surface area contributed by atoms with Crippen molar-refractivity contribution >= 4 is 52.7 Å². The molecule has 4 atom stereocenters. The second-order valence-electron chi connectivity index (χ2n) is 6.87. The number of amides is 2. The molecule has 27 heavy (non-hydrogen) atoms. The third-order valence-electron chi connectivity index (χ3n) is 4.69. The highest BCUT2D eigenvalue weighted by atomic mass is 35.5. The first-order valence-corrected chi connectivity index (χ1v) is 9.73. The quantitative estimate of drug-likeness (QED) is 0.692. The van der Waals surface area contributed by atoms with Crippen molar-refractivity contribution < 1.29 is 24.2 Å². The van der Waals surface area contributed by atoms with E-state index in [0.717, 1.165) is 0 Å². The minimum Gasteiger partial charge on any atom is -0.480 e. The number of benzene rings is 1. The smallest absolute Gasteiger partial charge is 0.327 e. The number of carboxylic acids is 1. The van der Waals surface area contributed by atoms with Crippen LogP contribution in [0.15, 0.2) is 18.2 Å². The molecule has 1 aromatic rings. The van der Waals surface area contributed by atoms with Crippen molar-refractivity contribution in [1.82, 2.24) is 10.2 Å². The number of aliphatic carboxylic acids is 1. The number of ether oxygens (including phenoxy) is 1. The van der Waals surface area contributed by atoms with Gasteiger partial charge in [0.05, 0.1) is 10.0 Å². The van der Waals surface area contributed by atoms with E-state index >= 15 is 0 Å². The molecule has 0 aliphatic carbocycles. The number of rotatable bonds is 5. The SMILES string of the molecule is COC(C(=O)N[C@@H]1C(=O)N2C1SC(C)(C)[C@@H]2C(=O)O)c1ccc(Cl)c(Cl)c1. The number of carbonyl (C=O) groups is 3. The van der Waals surface area contributed by atoms with Crippen LogP contribution in [0.2, 0.25) is 10.0 Å². The average molecular weight is 433 g/mol. The van der Waals surface area contributed by atoms with Gasteiger partial charge in [-0.05, 0) is 31.5 Å². The Bertz CT molecular complexity index is 819. The third-order valence-corrected chi connectivity index (χ3v) is 7.00. The normalized spacial score (nSPS) is 26.9. The standard InChI is InChI=1S/C17H18Cl2N2O5S/c1-17(2)12(16(24)25)21-14(23)10(15(21)27-17)20-13(22)11(26-3)7-4-5-8(18)9(19)6-7/h4-6,10-12,15H,1-3H3,(H,20,22)(H,24,25)/t10-,11?,12+,15?/m1/s1. The van der Waals surface area contributed by atoms with Crippen molar-refractivity contribution in [3.8, 4) is 0 Å². The lowest BCUT2D eigenvalue weighted by Gasteiger charge is -2.43. The molecule has 10 heteroatoms. The maximum absolute atomic E-state index is 12.7. The molecule has 7 nitrogen and oxygen atoms in total. The summed E-state index contributed by atoms with van der Waals surface area (Å²) in [4.78, 5) is 38.0. The molecule has 0 saturated carbocycles. The Morgan fingerprint density at radius 2 is 2.00 bits per heavy atom. The van der Waals surface area contributed by atoms with E-state index in [1.54, 1.807) is 26.0 Å². The Labute approximate surface area is 170 Å². The molecule has 2 heterocycles. The van der Waals surface area contributed by atoms with Crippen molar-refractivity contribution in [2.24, 2.45) is 0 Å². The summed E-state index contributed by atoms with van der Waals surface area (Å²) in [7, 11) is 1.37. The fourth-order valence-corrected chi connectivity index (χ4v) is 5.38. The van der Waals surface area contributed by atoms with Crippen LogP contribution in [0.4, 0.5) is 0 Å². The van der Waals surface area contributed by atoms with Gasteiger partial charge in [-0.15, -0.1) is 11.8 Å². The van der Waals surface area contributed by atoms with Crippen molar-refractivity contribution in [3.05, 3.63) is 33.8 Å². The zero-order valence-electron chi connectivity index (χ0n) is 14.7. The summed E-state index contributed by atoms with van der Waals surface area (Å²) in [6, 6.07) is 2.97. The molecule has 2 amide bonds. The number of carboxylic acid groups (broad SMARTS) is 1. The van der Waals surface area contributed by atoms with Gasteiger partial charge in [-0.2, -0.15) is 0 Å². The third kappa shape index (κ3) is 3.40. The molecule has 2 fully saturated rings. The minimum absolute atomic E-state index is 0.285. The molecule has 2 aliphatic rings. The Kier molecular flexibility index (Phi) is 5.37. The van der Waals surface area contributed by atoms with Gasteiger partial charge in [-0.25, -0.2) is 4.79 Å². The first-order valence-electron chi connectivity index (χ1n) is 8.09. The van der Waals surface area contributed by atoms with Gasteiger partial charge in [-0.3, -0.25) is 9.59 Å². The van der Waals surface area contributed by atoms with E-state index in [9.17, 15) is 19.5 Å². The van der Waals surface area contributed by atoms with Crippen molar-refractivity contribution in [2.75, 3.05) is 7.11 Å². The summed E-state index contributed by atoms with van der Waals surface area (Å²) < 4.78 is 4.61. The highest BCUT2D eigenvalue weighted by Crippen LogP contribution is 2.50. The summed E-state index contributed by atoms with van der Waals surface area (Å²) in [6.07, 6.45) is -0.976. The molecule has 0 radical (unpaired) electrons. The molecule has 0 bridgehead atoms. The average Bonchev–Trinajstić information content (AvgIpc) is 2.84. The lowest BCUT2D eigenvalue weighted by atomic mass is 9.96. The van der Waals surface area contributed by atoms with E-state index in [-0.39, 0.29) is 5.02 Å². The summed E-state index contributed by atoms with van der Waals surface area (Å²) >= 11 is 13.3. The molecule has 146 valence electrons. The summed E-state index contributed by atoms with van der Waals surface area (Å²) in [5, 5.41) is 12.3. The topological polar surface area (TPSA) is 95.9 Å². The molecule has 0 spiro atoms. The number of thioether (sulfide) groups is 1. The number of fused-ring (bicyclic) bond motifs is 1. The van der Waals surface area contributed by atoms with E-state index in [4.69, 9.17) is 27.9 Å². The molecule has 2 unspecified atom stereocenters. The Hall–Kier alpha value is -1.48. The van der Waals surface area contributed by atoms with Gasteiger partial charge in [0.15, 0.2) is 6.10 Å². The van der Waals surface area contributed by atoms with Gasteiger partial charge in [0.1, 0.15) is 17.5 Å². The van der Waals surface area contributed by atoms with Crippen molar-refractivity contribution in [1.29, 1.82) is 0 Å². The summed E-state index contributed by atoms with van der Waals surface area (Å²) in [5.74, 6) is -1.98. The number of methoxy groups -OCH3 is 1. The van der Waals surface area contributed by atoms with E-state index in [1.807, 2.05) is 0 Å². The lowest BCUT2D eigenvalue weighted by Crippen LogP contribution is -2.70. The molecule has 2 aliphatic heterocycles. The molecular weight excluding hydrogens is 415 g/mol. The molecule has 2 saturated heterocycles. The first-order chi connectivity index (χ1) is 12.6. The number of nitrogens with zero attached hydrogens (tertiary/aromatic N) is 1. The zero-order valence-corrected chi connectivity index (χ0v) is 17.1. The van der Waals surface area contributed by atoms with Crippen LogP contribution in [-0.4, -0.2) is 57.1 Å². The van der Waals surface area contributed by atoms with E-state index in [0.29, 0.717) is 10.6 Å². The maximum atomic E-state index is 12.7. The predicted molar refractivity (Wildman–Crippen MR) is 102 cm³/mol. The second kappa shape index (κ2) is 7.16. The van der Waals surface area contributed by atoms with Crippen LogP contribution in [0.5, 0.6) is 0 Å². The maximum Gasteiger partial charge on any atom is 0.327 e. The highest BCUT2D eigenvalue weighted by molar-refractivity contribution is 8.01. The lowest BCUT2D eigenvalue weighted by molar-refractivity contribution is -0.161. The van der Waals surface area contributed by atoms with Gasteiger partial charge in [0.2, 0.25) is 5.91 Å². The number of β-lactam (4-membered cyclic amide) rings is 1.